The SMILES string of the molecule is C(=Nc1ccccc1)c1c[pH]cn1. The van der Waals surface area contributed by atoms with Gasteiger partial charge < -0.3 is 0 Å². The molecule has 1 heterocycles. The van der Waals surface area contributed by atoms with E-state index in [-0.39, 0.29) is 0 Å². The van der Waals surface area contributed by atoms with Gasteiger partial charge in [0.15, 0.2) is 0 Å². The first-order chi connectivity index (χ1) is 6.45. The van der Waals surface area contributed by atoms with Gasteiger partial charge in [-0.05, 0) is 17.9 Å². The standard InChI is InChI=1S/C10H9N2P/c1-2-4-9(5-3-1)11-6-10-7-13-8-12-10/h1-8,13H. The first kappa shape index (κ1) is 8.21. The highest BCUT2D eigenvalue weighted by Gasteiger charge is 1.87. The molecule has 13 heavy (non-hydrogen) atoms. The van der Waals surface area contributed by atoms with E-state index in [0.29, 0.717) is 8.19 Å². The Hall–Kier alpha value is -1.40. The van der Waals surface area contributed by atoms with Crippen molar-refractivity contribution >= 4 is 20.1 Å². The molecule has 0 saturated carbocycles. The third-order valence-electron chi connectivity index (χ3n) is 1.62. The summed E-state index contributed by atoms with van der Waals surface area (Å²) in [6.45, 7) is 0. The van der Waals surface area contributed by atoms with Crippen LogP contribution < -0.4 is 0 Å². The predicted octanol–water partition coefficient (Wildman–Crippen LogP) is 2.86. The molecule has 0 amide bonds. The molecule has 0 spiro atoms. The number of para-hydroxylation sites is 1. The Morgan fingerprint density at radius 1 is 1.23 bits per heavy atom. The molecule has 0 saturated heterocycles. The van der Waals surface area contributed by atoms with Crippen LogP contribution in [0.3, 0.4) is 0 Å². The van der Waals surface area contributed by atoms with Gasteiger partial charge in [-0.2, -0.15) is 0 Å². The Morgan fingerprint density at radius 3 is 2.77 bits per heavy atom. The number of rotatable bonds is 2. The van der Waals surface area contributed by atoms with Crippen molar-refractivity contribution in [3.8, 4) is 0 Å². The van der Waals surface area contributed by atoms with Crippen molar-refractivity contribution in [1.82, 2.24) is 4.98 Å². The van der Waals surface area contributed by atoms with E-state index in [0.717, 1.165) is 11.4 Å². The first-order valence-corrected chi connectivity index (χ1v) is 5.18. The van der Waals surface area contributed by atoms with Gasteiger partial charge in [0.2, 0.25) is 0 Å². The number of aliphatic imine (C=N–C) groups is 1. The second-order valence-corrected chi connectivity index (χ2v) is 3.47. The van der Waals surface area contributed by atoms with Gasteiger partial charge in [0.25, 0.3) is 0 Å². The molecule has 1 aromatic heterocycles. The Bertz CT molecular complexity index is 379. The highest BCUT2D eigenvalue weighted by molar-refractivity contribution is 7.28. The lowest BCUT2D eigenvalue weighted by Crippen LogP contribution is -1.77. The minimum Gasteiger partial charge on any atom is -0.255 e. The lowest BCUT2D eigenvalue weighted by molar-refractivity contribution is 1.38. The van der Waals surface area contributed by atoms with Crippen LogP contribution in [0.2, 0.25) is 0 Å². The number of hydrogen-bond acceptors (Lipinski definition) is 2. The van der Waals surface area contributed by atoms with Crippen LogP contribution in [-0.4, -0.2) is 11.2 Å². The fourth-order valence-electron chi connectivity index (χ4n) is 0.997. The first-order valence-electron chi connectivity index (χ1n) is 4.03. The summed E-state index contributed by atoms with van der Waals surface area (Å²) in [4.78, 5) is 8.44. The highest BCUT2D eigenvalue weighted by atomic mass is 31.0. The zero-order valence-electron chi connectivity index (χ0n) is 7.01. The van der Waals surface area contributed by atoms with Crippen molar-refractivity contribution in [2.24, 2.45) is 4.99 Å². The Kier molecular flexibility index (Phi) is 2.54. The van der Waals surface area contributed by atoms with Crippen LogP contribution >= 0.6 is 8.19 Å². The Labute approximate surface area is 78.5 Å². The van der Waals surface area contributed by atoms with Crippen molar-refractivity contribution < 1.29 is 0 Å². The highest BCUT2D eigenvalue weighted by Crippen LogP contribution is 2.10. The van der Waals surface area contributed by atoms with Crippen LogP contribution in [0.25, 0.3) is 0 Å². The molecule has 2 nitrogen and oxygen atoms in total. The van der Waals surface area contributed by atoms with Gasteiger partial charge in [-0.3, -0.25) is 9.98 Å². The van der Waals surface area contributed by atoms with Crippen LogP contribution in [0.4, 0.5) is 5.69 Å². The largest absolute Gasteiger partial charge is 0.255 e. The Balaban J connectivity index is 2.15. The van der Waals surface area contributed by atoms with E-state index in [1.807, 2.05) is 36.3 Å². The zero-order valence-corrected chi connectivity index (χ0v) is 8.01. The molecule has 0 bridgehead atoms. The van der Waals surface area contributed by atoms with Crippen LogP contribution in [0, 0.1) is 0 Å². The third kappa shape index (κ3) is 2.27. The number of nitrogens with zero attached hydrogens (tertiary/aromatic N) is 2. The van der Waals surface area contributed by atoms with Crippen LogP contribution in [0.15, 0.2) is 47.1 Å². The molecule has 0 radical (unpaired) electrons. The van der Waals surface area contributed by atoms with E-state index in [4.69, 9.17) is 0 Å². The topological polar surface area (TPSA) is 25.2 Å². The molecule has 3 heteroatoms. The summed E-state index contributed by atoms with van der Waals surface area (Å²) >= 11 is 0. The van der Waals surface area contributed by atoms with Crippen LogP contribution in [-0.2, 0) is 0 Å². The molecular weight excluding hydrogens is 179 g/mol. The minimum absolute atomic E-state index is 0.712. The normalized spacial score (nSPS) is 11.4. The summed E-state index contributed by atoms with van der Waals surface area (Å²) in [5.41, 5.74) is 1.93. The molecule has 2 rings (SSSR count). The van der Waals surface area contributed by atoms with E-state index in [1.165, 1.54) is 0 Å². The minimum atomic E-state index is 0.712. The molecule has 1 aromatic carbocycles. The molecule has 0 aliphatic heterocycles. The van der Waals surface area contributed by atoms with Crippen molar-refractivity contribution in [3.05, 3.63) is 47.8 Å². The smallest absolute Gasteiger partial charge is 0.0853 e. The van der Waals surface area contributed by atoms with E-state index in [2.05, 4.69) is 15.8 Å². The fourth-order valence-corrected chi connectivity index (χ4v) is 1.62. The van der Waals surface area contributed by atoms with Gasteiger partial charge in [0.1, 0.15) is 0 Å². The summed E-state index contributed by atoms with van der Waals surface area (Å²) in [5, 5.41) is 0. The third-order valence-corrected chi connectivity index (χ3v) is 2.36. The predicted molar refractivity (Wildman–Crippen MR) is 57.4 cm³/mol. The lowest BCUT2D eigenvalue weighted by atomic mass is 10.3. The van der Waals surface area contributed by atoms with Gasteiger partial charge in [-0.25, -0.2) is 0 Å². The van der Waals surface area contributed by atoms with Gasteiger partial charge in [0, 0.05) is 5.93 Å². The average Bonchev–Trinajstić information content (AvgIpc) is 2.69. The quantitative estimate of drug-likeness (QED) is 0.665. The molecule has 2 aromatic rings. The van der Waals surface area contributed by atoms with Gasteiger partial charge in [-0.1, -0.05) is 18.2 Å². The number of aromatic nitrogens is 1. The molecule has 1 unspecified atom stereocenters. The van der Waals surface area contributed by atoms with Gasteiger partial charge in [-0.15, -0.1) is 8.19 Å². The zero-order chi connectivity index (χ0) is 8.93. The monoisotopic (exact) mass is 188 g/mol. The molecule has 64 valence electrons. The van der Waals surface area contributed by atoms with Gasteiger partial charge >= 0.3 is 0 Å². The maximum absolute atomic E-state index is 4.29. The summed E-state index contributed by atoms with van der Waals surface area (Å²) in [6.07, 6.45) is 1.80. The summed E-state index contributed by atoms with van der Waals surface area (Å²) in [7, 11) is 0.712. The summed E-state index contributed by atoms with van der Waals surface area (Å²) < 4.78 is 0. The second-order valence-electron chi connectivity index (χ2n) is 2.59. The van der Waals surface area contributed by atoms with Crippen LogP contribution in [0.1, 0.15) is 5.69 Å². The van der Waals surface area contributed by atoms with Crippen LogP contribution in [0.5, 0.6) is 0 Å². The fraction of sp³-hybridized carbons (Fsp3) is 0. The number of hydrogen-bond donors (Lipinski definition) is 0. The second kappa shape index (κ2) is 4.01. The molecule has 0 N–H and O–H groups in total. The molecule has 1 atom stereocenters. The van der Waals surface area contributed by atoms with E-state index in [1.54, 1.807) is 6.21 Å². The van der Waals surface area contributed by atoms with E-state index >= 15 is 0 Å². The molecule has 0 aliphatic carbocycles. The molecular formula is C10H9N2P. The number of benzene rings is 1. The van der Waals surface area contributed by atoms with Crippen molar-refractivity contribution in [1.29, 1.82) is 0 Å². The lowest BCUT2D eigenvalue weighted by Gasteiger charge is -1.89. The van der Waals surface area contributed by atoms with Crippen molar-refractivity contribution in [2.75, 3.05) is 0 Å². The van der Waals surface area contributed by atoms with Crippen molar-refractivity contribution in [3.63, 3.8) is 0 Å². The maximum Gasteiger partial charge on any atom is 0.0853 e. The maximum atomic E-state index is 4.29. The molecule has 0 aliphatic rings. The summed E-state index contributed by atoms with van der Waals surface area (Å²) in [5.74, 6) is 3.98. The Morgan fingerprint density at radius 2 is 2.08 bits per heavy atom. The summed E-state index contributed by atoms with van der Waals surface area (Å²) in [6, 6.07) is 9.87. The average molecular weight is 188 g/mol. The van der Waals surface area contributed by atoms with E-state index < -0.39 is 0 Å². The molecule has 0 fully saturated rings. The van der Waals surface area contributed by atoms with Crippen molar-refractivity contribution in [2.45, 2.75) is 0 Å². The van der Waals surface area contributed by atoms with E-state index in [9.17, 15) is 0 Å². The van der Waals surface area contributed by atoms with Gasteiger partial charge in [0.05, 0.1) is 17.6 Å².